The van der Waals surface area contributed by atoms with Crippen molar-refractivity contribution in [1.82, 2.24) is 5.32 Å². The van der Waals surface area contributed by atoms with E-state index in [-0.39, 0.29) is 5.91 Å². The zero-order valence-electron chi connectivity index (χ0n) is 16.9. The van der Waals surface area contributed by atoms with Crippen LogP contribution < -0.4 is 21.7 Å². The Bertz CT molecular complexity index is 610. The average molecular weight is 447 g/mol. The molecule has 0 aliphatic heterocycles. The molecule has 2 atom stereocenters. The lowest BCUT2D eigenvalue weighted by Crippen LogP contribution is -2.49. The lowest BCUT2D eigenvalue weighted by atomic mass is 10.0. The lowest BCUT2D eigenvalue weighted by Gasteiger charge is -2.23. The van der Waals surface area contributed by atoms with Gasteiger partial charge in [-0.1, -0.05) is 18.6 Å². The Morgan fingerprint density at radius 1 is 1.14 bits per heavy atom. The van der Waals surface area contributed by atoms with Crippen molar-refractivity contribution in [2.45, 2.75) is 37.8 Å². The van der Waals surface area contributed by atoms with E-state index in [9.17, 15) is 9.59 Å². The maximum Gasteiger partial charge on any atom is 0.328 e. The number of nitrogens with one attached hydrogen (secondary N) is 1. The molecule has 29 heavy (non-hydrogen) atoms. The Labute approximate surface area is 183 Å². The largest absolute Gasteiger partial charge is 0.467 e. The normalized spacial score (nSPS) is 12.9. The molecule has 0 saturated heterocycles. The molecule has 0 heterocycles. The smallest absolute Gasteiger partial charge is 0.328 e. The molecule has 5 N–H and O–H groups in total. The van der Waals surface area contributed by atoms with E-state index in [1.54, 1.807) is 0 Å². The van der Waals surface area contributed by atoms with Gasteiger partial charge in [-0.3, -0.25) is 4.79 Å². The van der Waals surface area contributed by atoms with Crippen molar-refractivity contribution in [3.05, 3.63) is 29.8 Å². The molecule has 0 aromatic heterocycles. The number of alkyl halides is 2. The van der Waals surface area contributed by atoms with E-state index in [2.05, 4.69) is 10.2 Å². The quantitative estimate of drug-likeness (QED) is 0.227. The van der Waals surface area contributed by atoms with E-state index in [1.165, 1.54) is 7.11 Å². The first-order valence-corrected chi connectivity index (χ1v) is 10.8. The summed E-state index contributed by atoms with van der Waals surface area (Å²) in [5.41, 5.74) is 13.3. The summed E-state index contributed by atoms with van der Waals surface area (Å²) in [6.45, 7) is 1.94. The van der Waals surface area contributed by atoms with Crippen molar-refractivity contribution in [3.8, 4) is 0 Å². The highest BCUT2D eigenvalue weighted by molar-refractivity contribution is 6.18. The summed E-state index contributed by atoms with van der Waals surface area (Å²) in [5, 5.41) is 2.71. The summed E-state index contributed by atoms with van der Waals surface area (Å²) in [4.78, 5) is 26.6. The number of anilines is 1. The van der Waals surface area contributed by atoms with E-state index in [0.29, 0.717) is 44.2 Å². The van der Waals surface area contributed by atoms with Crippen molar-refractivity contribution >= 4 is 40.8 Å². The third-order valence-corrected chi connectivity index (χ3v) is 4.90. The molecular weight excluding hydrogens is 415 g/mol. The van der Waals surface area contributed by atoms with Crippen LogP contribution in [0.5, 0.6) is 0 Å². The SMILES string of the molecule is COC(=O)C(Cc1ccc(N(CCCl)CCCl)cc1)NC(=O)[C@@H](N)CCCCN. The first kappa shape index (κ1) is 25.5. The van der Waals surface area contributed by atoms with E-state index in [0.717, 1.165) is 24.1 Å². The molecule has 1 rings (SSSR count). The number of ether oxygens (including phenoxy) is 1. The van der Waals surface area contributed by atoms with E-state index < -0.39 is 18.1 Å². The number of carbonyl (C=O) groups is 2. The van der Waals surface area contributed by atoms with Gasteiger partial charge in [0.1, 0.15) is 6.04 Å². The fraction of sp³-hybridized carbons (Fsp3) is 0.600. The number of nitrogens with two attached hydrogens (primary N) is 2. The van der Waals surface area contributed by atoms with Gasteiger partial charge in [-0.2, -0.15) is 0 Å². The summed E-state index contributed by atoms with van der Waals surface area (Å²) >= 11 is 11.7. The van der Waals surface area contributed by atoms with Gasteiger partial charge in [0.15, 0.2) is 0 Å². The predicted octanol–water partition coefficient (Wildman–Crippen LogP) is 1.63. The highest BCUT2D eigenvalue weighted by Crippen LogP contribution is 2.17. The van der Waals surface area contributed by atoms with Crippen LogP contribution in [0.3, 0.4) is 0 Å². The second-order valence-corrected chi connectivity index (χ2v) is 7.47. The van der Waals surface area contributed by atoms with Gasteiger partial charge in [0, 0.05) is 37.0 Å². The maximum absolute atomic E-state index is 12.3. The Hall–Kier alpha value is -1.54. The van der Waals surface area contributed by atoms with Crippen LogP contribution in [0.1, 0.15) is 24.8 Å². The zero-order chi connectivity index (χ0) is 21.6. The highest BCUT2D eigenvalue weighted by Gasteiger charge is 2.24. The van der Waals surface area contributed by atoms with Gasteiger partial charge in [-0.25, -0.2) is 4.79 Å². The maximum atomic E-state index is 12.3. The fourth-order valence-corrected chi connectivity index (χ4v) is 3.31. The number of amides is 1. The summed E-state index contributed by atoms with van der Waals surface area (Å²) in [7, 11) is 1.29. The van der Waals surface area contributed by atoms with Crippen molar-refractivity contribution in [2.24, 2.45) is 11.5 Å². The number of nitrogens with zero attached hydrogens (tertiary/aromatic N) is 1. The number of rotatable bonds is 14. The molecule has 164 valence electrons. The number of hydrogen-bond acceptors (Lipinski definition) is 6. The van der Waals surface area contributed by atoms with Gasteiger partial charge < -0.3 is 26.4 Å². The van der Waals surface area contributed by atoms with E-state index >= 15 is 0 Å². The van der Waals surface area contributed by atoms with Crippen LogP contribution in [0, 0.1) is 0 Å². The third kappa shape index (κ3) is 9.21. The van der Waals surface area contributed by atoms with Crippen LogP contribution in [0.4, 0.5) is 5.69 Å². The van der Waals surface area contributed by atoms with Crippen molar-refractivity contribution in [3.63, 3.8) is 0 Å². The number of hydrogen-bond donors (Lipinski definition) is 3. The number of methoxy groups -OCH3 is 1. The van der Waals surface area contributed by atoms with Gasteiger partial charge in [0.05, 0.1) is 13.2 Å². The molecule has 9 heteroatoms. The topological polar surface area (TPSA) is 111 Å². The molecule has 0 aliphatic rings. The molecule has 1 aromatic carbocycles. The molecule has 7 nitrogen and oxygen atoms in total. The van der Waals surface area contributed by atoms with E-state index in [1.807, 2.05) is 24.3 Å². The number of unbranched alkanes of at least 4 members (excludes halogenated alkanes) is 1. The summed E-state index contributed by atoms with van der Waals surface area (Å²) in [5.74, 6) is 0.119. The Kier molecular flexibility index (Phi) is 12.7. The van der Waals surface area contributed by atoms with Crippen molar-refractivity contribution in [1.29, 1.82) is 0 Å². The monoisotopic (exact) mass is 446 g/mol. The number of benzene rings is 1. The second-order valence-electron chi connectivity index (χ2n) is 6.71. The van der Waals surface area contributed by atoms with E-state index in [4.69, 9.17) is 39.4 Å². The highest BCUT2D eigenvalue weighted by atomic mass is 35.5. The van der Waals surface area contributed by atoms with Gasteiger partial charge in [-0.05, 0) is 37.1 Å². The molecular formula is C20H32Cl2N4O3. The molecule has 1 aromatic rings. The molecule has 0 saturated carbocycles. The molecule has 0 aliphatic carbocycles. The van der Waals surface area contributed by atoms with Crippen LogP contribution >= 0.6 is 23.2 Å². The molecule has 0 spiro atoms. The van der Waals surface area contributed by atoms with Gasteiger partial charge in [-0.15, -0.1) is 23.2 Å². The standard InChI is InChI=1S/C20H32Cl2N4O3/c1-29-20(28)18(25-19(27)17(24)4-2-3-11-23)14-15-5-7-16(8-6-15)26(12-9-21)13-10-22/h5-8,17-18H,2-4,9-14,23-24H2,1H3,(H,25,27)/t17-,18?/m0/s1. The molecule has 1 unspecified atom stereocenters. The summed E-state index contributed by atoms with van der Waals surface area (Å²) in [6.07, 6.45) is 2.39. The minimum absolute atomic E-state index is 0.305. The zero-order valence-corrected chi connectivity index (χ0v) is 18.4. The Morgan fingerprint density at radius 3 is 2.28 bits per heavy atom. The number of carbonyl (C=O) groups excluding carboxylic acids is 2. The lowest BCUT2D eigenvalue weighted by molar-refractivity contribution is -0.145. The third-order valence-electron chi connectivity index (χ3n) is 4.56. The summed E-state index contributed by atoms with van der Waals surface area (Å²) in [6, 6.07) is 6.23. The van der Waals surface area contributed by atoms with Gasteiger partial charge >= 0.3 is 5.97 Å². The minimum Gasteiger partial charge on any atom is -0.467 e. The molecule has 0 radical (unpaired) electrons. The fourth-order valence-electron chi connectivity index (χ4n) is 2.91. The number of halogens is 2. The van der Waals surface area contributed by atoms with Gasteiger partial charge in [0.2, 0.25) is 5.91 Å². The van der Waals surface area contributed by atoms with Crippen LogP contribution in [-0.2, 0) is 20.7 Å². The van der Waals surface area contributed by atoms with Crippen LogP contribution in [0.25, 0.3) is 0 Å². The predicted molar refractivity (Wildman–Crippen MR) is 119 cm³/mol. The van der Waals surface area contributed by atoms with Gasteiger partial charge in [0.25, 0.3) is 0 Å². The first-order chi connectivity index (χ1) is 14.0. The molecule has 0 fully saturated rings. The minimum atomic E-state index is -0.805. The Morgan fingerprint density at radius 2 is 1.76 bits per heavy atom. The molecule has 1 amide bonds. The molecule has 0 bridgehead atoms. The van der Waals surface area contributed by atoms with Crippen molar-refractivity contribution < 1.29 is 14.3 Å². The Balaban J connectivity index is 2.77. The summed E-state index contributed by atoms with van der Waals surface area (Å²) < 4.78 is 4.84. The second kappa shape index (κ2) is 14.4. The van der Waals surface area contributed by atoms with Crippen molar-refractivity contribution in [2.75, 3.05) is 43.4 Å². The van der Waals surface area contributed by atoms with Crippen LogP contribution in [-0.4, -0.2) is 62.5 Å². The van der Waals surface area contributed by atoms with Crippen LogP contribution in [0.15, 0.2) is 24.3 Å². The first-order valence-electron chi connectivity index (χ1n) is 9.76. The van der Waals surface area contributed by atoms with Crippen LogP contribution in [0.2, 0.25) is 0 Å². The average Bonchev–Trinajstić information content (AvgIpc) is 2.73. The number of esters is 1.